The Morgan fingerprint density at radius 1 is 1.17 bits per heavy atom. The number of aliphatic hydroxyl groups excluding tert-OH is 1. The fourth-order valence-corrected chi connectivity index (χ4v) is 2.84. The van der Waals surface area contributed by atoms with Crippen molar-refractivity contribution in [3.8, 4) is 0 Å². The number of carbonyl (C=O) groups is 1. The van der Waals surface area contributed by atoms with Gasteiger partial charge in [0.25, 0.3) is 0 Å². The molecule has 2 N–H and O–H groups in total. The standard InChI is InChI=1S/C19H21FN2O2/c20-16-8-4-7-15(13-16)18(14-5-2-1-3-6-14)21-19(24)22(11-12-23)17-9-10-17/h1-8,13,17-18,23H,9-12H2,(H,21,24). The Hall–Kier alpha value is -2.40. The largest absolute Gasteiger partial charge is 0.395 e. The Morgan fingerprint density at radius 3 is 2.50 bits per heavy atom. The molecule has 0 saturated heterocycles. The van der Waals surface area contributed by atoms with Gasteiger partial charge in [-0.15, -0.1) is 0 Å². The molecule has 2 aromatic rings. The zero-order valence-corrected chi connectivity index (χ0v) is 13.4. The number of nitrogens with one attached hydrogen (secondary N) is 1. The summed E-state index contributed by atoms with van der Waals surface area (Å²) in [5.41, 5.74) is 1.57. The topological polar surface area (TPSA) is 52.6 Å². The maximum absolute atomic E-state index is 13.6. The molecule has 2 amide bonds. The molecule has 1 saturated carbocycles. The van der Waals surface area contributed by atoms with E-state index in [0.717, 1.165) is 18.4 Å². The molecule has 0 radical (unpaired) electrons. The quantitative estimate of drug-likeness (QED) is 0.856. The number of carbonyl (C=O) groups excluding carboxylic acids is 1. The maximum Gasteiger partial charge on any atom is 0.318 e. The van der Waals surface area contributed by atoms with Crippen LogP contribution in [0.2, 0.25) is 0 Å². The lowest BCUT2D eigenvalue weighted by molar-refractivity contribution is 0.172. The van der Waals surface area contributed by atoms with Gasteiger partial charge in [-0.1, -0.05) is 42.5 Å². The van der Waals surface area contributed by atoms with Crippen molar-refractivity contribution in [3.63, 3.8) is 0 Å². The number of rotatable bonds is 6. The van der Waals surface area contributed by atoms with Crippen LogP contribution in [0, 0.1) is 5.82 Å². The predicted molar refractivity (Wildman–Crippen MR) is 90.0 cm³/mol. The van der Waals surface area contributed by atoms with Gasteiger partial charge in [0.05, 0.1) is 12.6 Å². The molecule has 1 fully saturated rings. The molecule has 2 aromatic carbocycles. The highest BCUT2D eigenvalue weighted by molar-refractivity contribution is 5.76. The van der Waals surface area contributed by atoms with Crippen molar-refractivity contribution in [2.24, 2.45) is 0 Å². The fraction of sp³-hybridized carbons (Fsp3) is 0.316. The van der Waals surface area contributed by atoms with Crippen LogP contribution in [-0.4, -0.2) is 35.2 Å². The number of hydrogen-bond acceptors (Lipinski definition) is 2. The molecule has 0 heterocycles. The molecular weight excluding hydrogens is 307 g/mol. The average Bonchev–Trinajstić information content (AvgIpc) is 3.43. The van der Waals surface area contributed by atoms with E-state index in [9.17, 15) is 14.3 Å². The molecule has 0 aliphatic heterocycles. The second-order valence-electron chi connectivity index (χ2n) is 6.00. The fourth-order valence-electron chi connectivity index (χ4n) is 2.84. The molecule has 126 valence electrons. The van der Waals surface area contributed by atoms with Crippen molar-refractivity contribution in [3.05, 3.63) is 71.5 Å². The second kappa shape index (κ2) is 7.45. The second-order valence-corrected chi connectivity index (χ2v) is 6.00. The summed E-state index contributed by atoms with van der Waals surface area (Å²) < 4.78 is 13.6. The molecule has 0 aromatic heterocycles. The number of amides is 2. The van der Waals surface area contributed by atoms with E-state index >= 15 is 0 Å². The lowest BCUT2D eigenvalue weighted by atomic mass is 9.99. The first kappa shape index (κ1) is 16.5. The third kappa shape index (κ3) is 3.92. The van der Waals surface area contributed by atoms with Crippen molar-refractivity contribution < 1.29 is 14.3 Å². The minimum absolute atomic E-state index is 0.0696. The first-order valence-corrected chi connectivity index (χ1v) is 8.17. The lowest BCUT2D eigenvalue weighted by Crippen LogP contribution is -2.44. The highest BCUT2D eigenvalue weighted by Crippen LogP contribution is 2.28. The van der Waals surface area contributed by atoms with Crippen molar-refractivity contribution >= 4 is 6.03 Å². The third-order valence-corrected chi connectivity index (χ3v) is 4.17. The van der Waals surface area contributed by atoms with Crippen LogP contribution in [0.25, 0.3) is 0 Å². The van der Waals surface area contributed by atoms with Crippen LogP contribution in [0.3, 0.4) is 0 Å². The highest BCUT2D eigenvalue weighted by atomic mass is 19.1. The van der Waals surface area contributed by atoms with Crippen molar-refractivity contribution in [2.75, 3.05) is 13.2 Å². The van der Waals surface area contributed by atoms with Crippen molar-refractivity contribution in [2.45, 2.75) is 24.9 Å². The summed E-state index contributed by atoms with van der Waals surface area (Å²) in [4.78, 5) is 14.3. The Balaban J connectivity index is 1.86. The number of halogens is 1. The maximum atomic E-state index is 13.6. The average molecular weight is 328 g/mol. The monoisotopic (exact) mass is 328 g/mol. The summed E-state index contributed by atoms with van der Waals surface area (Å²) in [6.07, 6.45) is 1.92. The summed E-state index contributed by atoms with van der Waals surface area (Å²) >= 11 is 0. The van der Waals surface area contributed by atoms with E-state index in [-0.39, 0.29) is 24.5 Å². The number of urea groups is 1. The number of aliphatic hydroxyl groups is 1. The summed E-state index contributed by atoms with van der Waals surface area (Å²) in [5, 5.41) is 12.2. The van der Waals surface area contributed by atoms with E-state index in [4.69, 9.17) is 0 Å². The summed E-state index contributed by atoms with van der Waals surface area (Å²) in [5.74, 6) is -0.336. The highest BCUT2D eigenvalue weighted by Gasteiger charge is 2.33. The predicted octanol–water partition coefficient (Wildman–Crippen LogP) is 3.08. The number of hydrogen-bond donors (Lipinski definition) is 2. The van der Waals surface area contributed by atoms with Crippen LogP contribution in [0.4, 0.5) is 9.18 Å². The third-order valence-electron chi connectivity index (χ3n) is 4.17. The van der Waals surface area contributed by atoms with Gasteiger partial charge in [-0.3, -0.25) is 0 Å². The zero-order chi connectivity index (χ0) is 16.9. The normalized spacial score (nSPS) is 14.9. The van der Waals surface area contributed by atoms with Gasteiger partial charge in [0.2, 0.25) is 0 Å². The van der Waals surface area contributed by atoms with E-state index in [1.807, 2.05) is 30.3 Å². The van der Waals surface area contributed by atoms with Crippen molar-refractivity contribution in [1.29, 1.82) is 0 Å². The van der Waals surface area contributed by atoms with Gasteiger partial charge >= 0.3 is 6.03 Å². The van der Waals surface area contributed by atoms with Gasteiger partial charge in [0.1, 0.15) is 5.82 Å². The molecule has 1 aliphatic rings. The molecule has 4 nitrogen and oxygen atoms in total. The van der Waals surface area contributed by atoms with Crippen molar-refractivity contribution in [1.82, 2.24) is 10.2 Å². The van der Waals surface area contributed by atoms with Crippen LogP contribution in [0.15, 0.2) is 54.6 Å². The minimum Gasteiger partial charge on any atom is -0.395 e. The van der Waals surface area contributed by atoms with Crippen LogP contribution in [-0.2, 0) is 0 Å². The molecule has 1 aliphatic carbocycles. The molecule has 0 spiro atoms. The molecule has 0 bridgehead atoms. The minimum atomic E-state index is -0.436. The van der Waals surface area contributed by atoms with Gasteiger partial charge < -0.3 is 15.3 Å². The van der Waals surface area contributed by atoms with E-state index < -0.39 is 6.04 Å². The van der Waals surface area contributed by atoms with E-state index in [2.05, 4.69) is 5.32 Å². The Labute approximate surface area is 140 Å². The van der Waals surface area contributed by atoms with Crippen LogP contribution in [0.1, 0.15) is 30.0 Å². The van der Waals surface area contributed by atoms with Gasteiger partial charge in [-0.05, 0) is 36.1 Å². The van der Waals surface area contributed by atoms with E-state index in [1.165, 1.54) is 12.1 Å². The first-order chi connectivity index (χ1) is 11.7. The van der Waals surface area contributed by atoms with Gasteiger partial charge in [-0.25, -0.2) is 9.18 Å². The summed E-state index contributed by atoms with van der Waals surface area (Å²) in [6.45, 7) is 0.237. The molecule has 24 heavy (non-hydrogen) atoms. The van der Waals surface area contributed by atoms with Gasteiger partial charge in [0, 0.05) is 12.6 Å². The zero-order valence-electron chi connectivity index (χ0n) is 13.4. The van der Waals surface area contributed by atoms with Gasteiger partial charge in [-0.2, -0.15) is 0 Å². The Kier molecular flexibility index (Phi) is 5.11. The Bertz CT molecular complexity index is 689. The molecular formula is C19H21FN2O2. The molecule has 1 atom stereocenters. The SMILES string of the molecule is O=C(NC(c1ccccc1)c1cccc(F)c1)N(CCO)C1CC1. The number of benzene rings is 2. The van der Waals surface area contributed by atoms with E-state index in [1.54, 1.807) is 17.0 Å². The van der Waals surface area contributed by atoms with E-state index in [0.29, 0.717) is 12.1 Å². The first-order valence-electron chi connectivity index (χ1n) is 8.17. The van der Waals surface area contributed by atoms with Crippen LogP contribution >= 0.6 is 0 Å². The summed E-state index contributed by atoms with van der Waals surface area (Å²) in [7, 11) is 0. The van der Waals surface area contributed by atoms with Gasteiger partial charge in [0.15, 0.2) is 0 Å². The number of nitrogens with zero attached hydrogens (tertiary/aromatic N) is 1. The summed E-state index contributed by atoms with van der Waals surface area (Å²) in [6, 6.07) is 15.3. The smallest absolute Gasteiger partial charge is 0.318 e. The lowest BCUT2D eigenvalue weighted by Gasteiger charge is -2.26. The Morgan fingerprint density at radius 2 is 1.88 bits per heavy atom. The molecule has 5 heteroatoms. The molecule has 1 unspecified atom stereocenters. The molecule has 3 rings (SSSR count). The van der Waals surface area contributed by atoms with Crippen LogP contribution < -0.4 is 5.32 Å². The van der Waals surface area contributed by atoms with Crippen LogP contribution in [0.5, 0.6) is 0 Å².